The molecule has 0 radical (unpaired) electrons. The molecule has 2 saturated heterocycles. The number of halogens is 1. The molecule has 6 nitrogen and oxygen atoms in total. The van der Waals surface area contributed by atoms with Gasteiger partial charge in [-0.1, -0.05) is 24.3 Å². The fraction of sp³-hybridized carbons (Fsp3) is 0.696. The van der Waals surface area contributed by atoms with Gasteiger partial charge in [-0.15, -0.1) is 24.0 Å². The lowest BCUT2D eigenvalue weighted by molar-refractivity contribution is -0.0174. The number of nitrogens with one attached hydrogen (secondary N) is 2. The molecule has 1 aromatic rings. The Kier molecular flexibility index (Phi) is 11.4. The molecule has 2 aliphatic heterocycles. The van der Waals surface area contributed by atoms with Gasteiger partial charge in [0.1, 0.15) is 0 Å². The lowest BCUT2D eigenvalue weighted by Gasteiger charge is -2.38. The van der Waals surface area contributed by atoms with Crippen LogP contribution in [0.25, 0.3) is 0 Å². The molecular weight excluding hydrogens is 489 g/mol. The first-order valence-electron chi connectivity index (χ1n) is 11.3. The van der Waals surface area contributed by atoms with E-state index < -0.39 is 0 Å². The smallest absolute Gasteiger partial charge is 0.191 e. The highest BCUT2D eigenvalue weighted by Gasteiger charge is 2.23. The van der Waals surface area contributed by atoms with E-state index in [-0.39, 0.29) is 24.0 Å². The number of morpholine rings is 1. The van der Waals surface area contributed by atoms with Crippen LogP contribution < -0.4 is 10.6 Å². The van der Waals surface area contributed by atoms with E-state index in [1.807, 2.05) is 0 Å². The molecule has 0 spiro atoms. The van der Waals surface area contributed by atoms with E-state index in [4.69, 9.17) is 9.73 Å². The topological polar surface area (TPSA) is 52.1 Å². The minimum Gasteiger partial charge on any atom is -0.379 e. The summed E-state index contributed by atoms with van der Waals surface area (Å²) in [5.74, 6) is 0.890. The fourth-order valence-corrected chi connectivity index (χ4v) is 4.22. The Morgan fingerprint density at radius 2 is 1.83 bits per heavy atom. The molecule has 3 rings (SSSR count). The van der Waals surface area contributed by atoms with Crippen molar-refractivity contribution in [3.63, 3.8) is 0 Å². The van der Waals surface area contributed by atoms with E-state index in [1.165, 1.54) is 37.1 Å². The summed E-state index contributed by atoms with van der Waals surface area (Å²) in [7, 11) is 0. The molecule has 170 valence electrons. The molecule has 2 fully saturated rings. The van der Waals surface area contributed by atoms with Gasteiger partial charge >= 0.3 is 0 Å². The maximum Gasteiger partial charge on any atom is 0.191 e. The molecule has 2 heterocycles. The minimum absolute atomic E-state index is 0. The summed E-state index contributed by atoms with van der Waals surface area (Å²) in [5.41, 5.74) is 2.65. The third kappa shape index (κ3) is 7.98. The molecule has 0 aromatic heterocycles. The van der Waals surface area contributed by atoms with Gasteiger partial charge in [0.25, 0.3) is 0 Å². The largest absolute Gasteiger partial charge is 0.379 e. The van der Waals surface area contributed by atoms with Crippen LogP contribution in [-0.2, 0) is 17.8 Å². The second-order valence-electron chi connectivity index (χ2n) is 8.39. The van der Waals surface area contributed by atoms with E-state index in [1.54, 1.807) is 0 Å². The average molecular weight is 530 g/mol. The molecule has 2 N–H and O–H groups in total. The molecule has 0 aliphatic carbocycles. The van der Waals surface area contributed by atoms with Gasteiger partial charge in [-0.2, -0.15) is 0 Å². The Morgan fingerprint density at radius 3 is 2.50 bits per heavy atom. The first kappa shape index (κ1) is 25.4. The highest BCUT2D eigenvalue weighted by Crippen LogP contribution is 2.14. The van der Waals surface area contributed by atoms with Crippen LogP contribution >= 0.6 is 24.0 Å². The number of hydrogen-bond donors (Lipinski definition) is 2. The number of likely N-dealkylation sites (tertiary alicyclic amines) is 1. The second kappa shape index (κ2) is 13.5. The molecule has 2 aliphatic rings. The molecular formula is C23H40IN5O. The molecule has 7 heteroatoms. The van der Waals surface area contributed by atoms with Crippen molar-refractivity contribution >= 4 is 29.9 Å². The zero-order valence-electron chi connectivity index (χ0n) is 18.9. The van der Waals surface area contributed by atoms with Crippen molar-refractivity contribution in [2.75, 3.05) is 45.9 Å². The summed E-state index contributed by atoms with van der Waals surface area (Å²) in [6.45, 7) is 15.3. The number of aliphatic imine (C=N–C) groups is 1. The van der Waals surface area contributed by atoms with Crippen molar-refractivity contribution in [1.82, 2.24) is 20.4 Å². The quantitative estimate of drug-likeness (QED) is 0.308. The molecule has 0 bridgehead atoms. The summed E-state index contributed by atoms with van der Waals surface area (Å²) in [5, 5.41) is 6.89. The van der Waals surface area contributed by atoms with Gasteiger partial charge in [0.05, 0.1) is 19.8 Å². The summed E-state index contributed by atoms with van der Waals surface area (Å²) in [6.07, 6.45) is 2.69. The SMILES string of the molecule is CCNC(=NCc1ccc(CN2CCCC2)cc1)NCC(C)N1CCOCC1C.I. The Balaban J connectivity index is 0.00000320. The Labute approximate surface area is 199 Å². The number of guanidine groups is 1. The summed E-state index contributed by atoms with van der Waals surface area (Å²) in [4.78, 5) is 9.85. The third-order valence-corrected chi connectivity index (χ3v) is 5.94. The van der Waals surface area contributed by atoms with Gasteiger partial charge in [-0.3, -0.25) is 9.80 Å². The van der Waals surface area contributed by atoms with Crippen LogP contribution in [-0.4, -0.2) is 73.8 Å². The van der Waals surface area contributed by atoms with E-state index >= 15 is 0 Å². The number of nitrogens with zero attached hydrogens (tertiary/aromatic N) is 3. The van der Waals surface area contributed by atoms with Crippen LogP contribution in [0.2, 0.25) is 0 Å². The first-order valence-corrected chi connectivity index (χ1v) is 11.3. The number of benzene rings is 1. The van der Waals surface area contributed by atoms with Crippen LogP contribution in [0.15, 0.2) is 29.3 Å². The molecule has 0 amide bonds. The lowest BCUT2D eigenvalue weighted by atomic mass is 10.1. The molecule has 2 unspecified atom stereocenters. The van der Waals surface area contributed by atoms with E-state index in [2.05, 4.69) is 65.5 Å². The van der Waals surface area contributed by atoms with Crippen molar-refractivity contribution in [2.45, 2.75) is 58.8 Å². The van der Waals surface area contributed by atoms with Gasteiger partial charge in [0.15, 0.2) is 5.96 Å². The van der Waals surface area contributed by atoms with Gasteiger partial charge in [-0.25, -0.2) is 4.99 Å². The number of hydrogen-bond acceptors (Lipinski definition) is 4. The molecule has 30 heavy (non-hydrogen) atoms. The Hall–Kier alpha value is -0.900. The zero-order chi connectivity index (χ0) is 20.5. The van der Waals surface area contributed by atoms with Gasteiger partial charge in [-0.05, 0) is 57.8 Å². The molecule has 0 saturated carbocycles. The van der Waals surface area contributed by atoms with Crippen molar-refractivity contribution < 1.29 is 4.74 Å². The Bertz CT molecular complexity index is 633. The normalized spacial score (nSPS) is 21.8. The minimum atomic E-state index is 0. The summed E-state index contributed by atoms with van der Waals surface area (Å²) >= 11 is 0. The fourth-order valence-electron chi connectivity index (χ4n) is 4.22. The average Bonchev–Trinajstić information content (AvgIpc) is 3.24. The van der Waals surface area contributed by atoms with E-state index in [0.29, 0.717) is 18.6 Å². The highest BCUT2D eigenvalue weighted by atomic mass is 127. The molecule has 1 aromatic carbocycles. The third-order valence-electron chi connectivity index (χ3n) is 5.94. The predicted octanol–water partition coefficient (Wildman–Crippen LogP) is 3.06. The maximum absolute atomic E-state index is 5.56. The predicted molar refractivity (Wildman–Crippen MR) is 136 cm³/mol. The van der Waals surface area contributed by atoms with Gasteiger partial charge in [0, 0.05) is 38.3 Å². The van der Waals surface area contributed by atoms with Crippen molar-refractivity contribution in [2.24, 2.45) is 4.99 Å². The van der Waals surface area contributed by atoms with E-state index in [9.17, 15) is 0 Å². The van der Waals surface area contributed by atoms with Gasteiger partial charge < -0.3 is 15.4 Å². The molecule has 2 atom stereocenters. The number of rotatable bonds is 8. The monoisotopic (exact) mass is 529 g/mol. The highest BCUT2D eigenvalue weighted by molar-refractivity contribution is 14.0. The van der Waals surface area contributed by atoms with Crippen LogP contribution in [0, 0.1) is 0 Å². The maximum atomic E-state index is 5.56. The first-order chi connectivity index (χ1) is 14.2. The van der Waals surface area contributed by atoms with Crippen LogP contribution in [0.3, 0.4) is 0 Å². The summed E-state index contributed by atoms with van der Waals surface area (Å²) in [6, 6.07) is 9.87. The number of ether oxygens (including phenoxy) is 1. The Morgan fingerprint density at radius 1 is 1.13 bits per heavy atom. The van der Waals surface area contributed by atoms with E-state index in [0.717, 1.165) is 45.4 Å². The zero-order valence-corrected chi connectivity index (χ0v) is 21.2. The van der Waals surface area contributed by atoms with Crippen LogP contribution in [0.1, 0.15) is 44.7 Å². The van der Waals surface area contributed by atoms with Crippen molar-refractivity contribution in [1.29, 1.82) is 0 Å². The van der Waals surface area contributed by atoms with Crippen LogP contribution in [0.5, 0.6) is 0 Å². The van der Waals surface area contributed by atoms with Crippen molar-refractivity contribution in [3.8, 4) is 0 Å². The van der Waals surface area contributed by atoms with Gasteiger partial charge in [0.2, 0.25) is 0 Å². The van der Waals surface area contributed by atoms with Crippen LogP contribution in [0.4, 0.5) is 0 Å². The summed E-state index contributed by atoms with van der Waals surface area (Å²) < 4.78 is 5.56. The second-order valence-corrected chi connectivity index (χ2v) is 8.39. The van der Waals surface area contributed by atoms with Crippen molar-refractivity contribution in [3.05, 3.63) is 35.4 Å². The lowest BCUT2D eigenvalue weighted by Crippen LogP contribution is -2.53. The standard InChI is InChI=1S/C23H39N5O.HI/c1-4-24-23(25-15-19(2)28-13-14-29-18-20(28)3)26-16-21-7-9-22(10-8-21)17-27-11-5-6-12-27;/h7-10,19-20H,4-6,11-18H2,1-3H3,(H2,24,25,26);1H.